The first-order chi connectivity index (χ1) is 9.46. The van der Waals surface area contributed by atoms with Gasteiger partial charge in [-0.25, -0.2) is 9.59 Å². The third kappa shape index (κ3) is 2.71. The maximum atomic E-state index is 12.3. The quantitative estimate of drug-likeness (QED) is 0.697. The van der Waals surface area contributed by atoms with Crippen molar-refractivity contribution in [2.24, 2.45) is 5.73 Å². The van der Waals surface area contributed by atoms with Crippen LogP contribution in [0.4, 0.5) is 4.79 Å². The molecular formula is C13H21N3O4. The van der Waals surface area contributed by atoms with Gasteiger partial charge in [-0.1, -0.05) is 19.3 Å². The maximum absolute atomic E-state index is 12.3. The summed E-state index contributed by atoms with van der Waals surface area (Å²) in [7, 11) is 0. The van der Waals surface area contributed by atoms with Gasteiger partial charge in [0.1, 0.15) is 11.6 Å². The summed E-state index contributed by atoms with van der Waals surface area (Å²) in [4.78, 5) is 36.5. The third-order valence-corrected chi connectivity index (χ3v) is 4.30. The largest absolute Gasteiger partial charge is 0.480 e. The number of nitrogens with two attached hydrogens (primary N) is 1. The molecule has 112 valence electrons. The van der Waals surface area contributed by atoms with E-state index >= 15 is 0 Å². The van der Waals surface area contributed by atoms with Crippen LogP contribution in [-0.2, 0) is 9.59 Å². The van der Waals surface area contributed by atoms with Crippen molar-refractivity contribution in [2.75, 3.05) is 6.54 Å². The summed E-state index contributed by atoms with van der Waals surface area (Å²) in [6.45, 7) is 0.440. The number of primary amides is 1. The molecule has 2 aliphatic rings. The van der Waals surface area contributed by atoms with Crippen LogP contribution in [0.3, 0.4) is 0 Å². The van der Waals surface area contributed by atoms with Crippen molar-refractivity contribution in [3.8, 4) is 0 Å². The summed E-state index contributed by atoms with van der Waals surface area (Å²) in [5.74, 6) is -1.54. The molecule has 1 aliphatic carbocycles. The molecule has 20 heavy (non-hydrogen) atoms. The Morgan fingerprint density at radius 3 is 2.35 bits per heavy atom. The number of nitrogens with one attached hydrogen (secondary N) is 1. The van der Waals surface area contributed by atoms with Crippen LogP contribution >= 0.6 is 0 Å². The molecule has 0 spiro atoms. The summed E-state index contributed by atoms with van der Waals surface area (Å²) < 4.78 is 0. The van der Waals surface area contributed by atoms with Crippen LogP contribution < -0.4 is 11.1 Å². The van der Waals surface area contributed by atoms with Crippen LogP contribution in [-0.4, -0.2) is 46.0 Å². The predicted octanol–water partition coefficient (Wildman–Crippen LogP) is 0.433. The van der Waals surface area contributed by atoms with Crippen molar-refractivity contribution in [1.29, 1.82) is 0 Å². The van der Waals surface area contributed by atoms with Gasteiger partial charge in [0.05, 0.1) is 0 Å². The lowest BCUT2D eigenvalue weighted by Crippen LogP contribution is -2.60. The van der Waals surface area contributed by atoms with E-state index in [2.05, 4.69) is 5.32 Å². The zero-order valence-electron chi connectivity index (χ0n) is 11.4. The highest BCUT2D eigenvalue weighted by Gasteiger charge is 2.43. The van der Waals surface area contributed by atoms with Crippen LogP contribution in [0, 0.1) is 0 Å². The summed E-state index contributed by atoms with van der Waals surface area (Å²) in [5, 5.41) is 12.1. The minimum absolute atomic E-state index is 0.434. The highest BCUT2D eigenvalue weighted by molar-refractivity contribution is 5.90. The van der Waals surface area contributed by atoms with Crippen molar-refractivity contribution in [3.63, 3.8) is 0 Å². The summed E-state index contributed by atoms with van der Waals surface area (Å²) in [6.07, 6.45) is 4.67. The predicted molar refractivity (Wildman–Crippen MR) is 70.9 cm³/mol. The lowest BCUT2D eigenvalue weighted by Gasteiger charge is -2.36. The van der Waals surface area contributed by atoms with E-state index < -0.39 is 29.5 Å². The molecule has 1 unspecified atom stereocenters. The van der Waals surface area contributed by atoms with Gasteiger partial charge in [0, 0.05) is 6.54 Å². The first-order valence-electron chi connectivity index (χ1n) is 7.08. The number of hydrogen-bond acceptors (Lipinski definition) is 3. The number of carbonyl (C=O) groups is 3. The van der Waals surface area contributed by atoms with Crippen LogP contribution in [0.15, 0.2) is 0 Å². The number of carbonyl (C=O) groups excluding carboxylic acids is 2. The standard InChI is InChI=1S/C13H21N3O4/c14-10(17)9-5-4-8-16(9)12(20)15-13(11(18)19)6-2-1-3-7-13/h9H,1-8H2,(H2,14,17)(H,15,20)(H,18,19). The fraction of sp³-hybridized carbons (Fsp3) is 0.769. The minimum Gasteiger partial charge on any atom is -0.480 e. The number of aliphatic carboxylic acids is 1. The fourth-order valence-corrected chi connectivity index (χ4v) is 3.13. The monoisotopic (exact) mass is 283 g/mol. The number of nitrogens with zero attached hydrogens (tertiary/aromatic N) is 1. The average molecular weight is 283 g/mol. The maximum Gasteiger partial charge on any atom is 0.329 e. The number of carboxylic acids is 1. The van der Waals surface area contributed by atoms with E-state index in [1.807, 2.05) is 0 Å². The molecule has 7 nitrogen and oxygen atoms in total. The van der Waals surface area contributed by atoms with Crippen LogP contribution in [0.1, 0.15) is 44.9 Å². The number of urea groups is 1. The van der Waals surface area contributed by atoms with Gasteiger partial charge < -0.3 is 21.1 Å². The Labute approximate surface area is 117 Å². The highest BCUT2D eigenvalue weighted by Crippen LogP contribution is 2.29. The van der Waals surface area contributed by atoms with Gasteiger partial charge >= 0.3 is 12.0 Å². The number of amides is 3. The van der Waals surface area contributed by atoms with E-state index in [4.69, 9.17) is 5.73 Å². The molecule has 1 saturated heterocycles. The Bertz CT molecular complexity index is 418. The molecule has 0 radical (unpaired) electrons. The first-order valence-corrected chi connectivity index (χ1v) is 7.08. The molecule has 1 saturated carbocycles. The van der Waals surface area contributed by atoms with Gasteiger partial charge in [0.25, 0.3) is 0 Å². The lowest BCUT2D eigenvalue weighted by atomic mass is 9.82. The van der Waals surface area contributed by atoms with Crippen molar-refractivity contribution in [3.05, 3.63) is 0 Å². The van der Waals surface area contributed by atoms with Crippen molar-refractivity contribution < 1.29 is 19.5 Å². The normalized spacial score (nSPS) is 25.2. The number of likely N-dealkylation sites (tertiary alicyclic amines) is 1. The van der Waals surface area contributed by atoms with Crippen molar-refractivity contribution in [1.82, 2.24) is 10.2 Å². The SMILES string of the molecule is NC(=O)C1CCCN1C(=O)NC1(C(=O)O)CCCCC1. The zero-order valence-corrected chi connectivity index (χ0v) is 11.4. The van der Waals surface area contributed by atoms with Gasteiger partial charge in [0.15, 0.2) is 0 Å². The number of rotatable bonds is 3. The van der Waals surface area contributed by atoms with Crippen LogP contribution in [0.5, 0.6) is 0 Å². The molecule has 1 atom stereocenters. The van der Waals surface area contributed by atoms with Crippen molar-refractivity contribution in [2.45, 2.75) is 56.5 Å². The zero-order chi connectivity index (χ0) is 14.8. The van der Waals surface area contributed by atoms with Crippen LogP contribution in [0.2, 0.25) is 0 Å². The Morgan fingerprint density at radius 1 is 1.15 bits per heavy atom. The fourth-order valence-electron chi connectivity index (χ4n) is 3.13. The molecule has 1 aliphatic heterocycles. The lowest BCUT2D eigenvalue weighted by molar-refractivity contribution is -0.146. The highest BCUT2D eigenvalue weighted by atomic mass is 16.4. The van der Waals surface area contributed by atoms with Gasteiger partial charge in [-0.15, -0.1) is 0 Å². The molecule has 2 fully saturated rings. The second-order valence-corrected chi connectivity index (χ2v) is 5.63. The second kappa shape index (κ2) is 5.68. The van der Waals surface area contributed by atoms with E-state index in [0.29, 0.717) is 32.2 Å². The Kier molecular flexibility index (Phi) is 4.15. The molecule has 3 amide bonds. The van der Waals surface area contributed by atoms with E-state index in [0.717, 1.165) is 19.3 Å². The first kappa shape index (κ1) is 14.6. The van der Waals surface area contributed by atoms with Crippen molar-refractivity contribution >= 4 is 17.9 Å². The number of hydrogen-bond donors (Lipinski definition) is 3. The molecule has 4 N–H and O–H groups in total. The second-order valence-electron chi connectivity index (χ2n) is 5.63. The molecule has 1 heterocycles. The minimum atomic E-state index is -1.19. The topological polar surface area (TPSA) is 113 Å². The van der Waals surface area contributed by atoms with E-state index in [9.17, 15) is 19.5 Å². The molecule has 2 rings (SSSR count). The summed E-state index contributed by atoms with van der Waals surface area (Å²) >= 11 is 0. The van der Waals surface area contributed by atoms with Crippen LogP contribution in [0.25, 0.3) is 0 Å². The van der Waals surface area contributed by atoms with Gasteiger partial charge in [-0.05, 0) is 25.7 Å². The molecule has 0 aromatic rings. The summed E-state index contributed by atoms with van der Waals surface area (Å²) in [6, 6.07) is -1.11. The van der Waals surface area contributed by atoms with E-state index in [-0.39, 0.29) is 0 Å². The Morgan fingerprint density at radius 2 is 1.80 bits per heavy atom. The van der Waals surface area contributed by atoms with E-state index in [1.165, 1.54) is 4.90 Å². The van der Waals surface area contributed by atoms with Gasteiger partial charge in [-0.2, -0.15) is 0 Å². The molecular weight excluding hydrogens is 262 g/mol. The van der Waals surface area contributed by atoms with Gasteiger partial charge in [-0.3, -0.25) is 4.79 Å². The smallest absolute Gasteiger partial charge is 0.329 e. The number of carboxylic acid groups (broad SMARTS) is 1. The molecule has 0 bridgehead atoms. The molecule has 7 heteroatoms. The molecule has 0 aromatic carbocycles. The molecule has 0 aromatic heterocycles. The third-order valence-electron chi connectivity index (χ3n) is 4.30. The Hall–Kier alpha value is -1.79. The average Bonchev–Trinajstić information content (AvgIpc) is 2.89. The Balaban J connectivity index is 2.08. The van der Waals surface area contributed by atoms with E-state index in [1.54, 1.807) is 0 Å². The summed E-state index contributed by atoms with van der Waals surface area (Å²) in [5.41, 5.74) is 4.08. The van der Waals surface area contributed by atoms with Gasteiger partial charge in [0.2, 0.25) is 5.91 Å².